The van der Waals surface area contributed by atoms with Gasteiger partial charge in [0.25, 0.3) is 0 Å². The molecule has 2 rings (SSSR count). The van der Waals surface area contributed by atoms with Gasteiger partial charge in [-0.3, -0.25) is 0 Å². The Balaban J connectivity index is 1.88. The summed E-state index contributed by atoms with van der Waals surface area (Å²) in [7, 11) is 0. The molecule has 1 saturated heterocycles. The third-order valence-corrected chi connectivity index (χ3v) is 4.48. The second kappa shape index (κ2) is 7.20. The summed E-state index contributed by atoms with van der Waals surface area (Å²) in [5.74, 6) is 2.46. The quantitative estimate of drug-likeness (QED) is 0.764. The molecule has 0 radical (unpaired) electrons. The zero-order valence-electron chi connectivity index (χ0n) is 11.4. The van der Waals surface area contributed by atoms with Gasteiger partial charge in [0.1, 0.15) is 0 Å². The average Bonchev–Trinajstić information content (AvgIpc) is 2.85. The minimum absolute atomic E-state index is 0.579. The molecule has 1 aromatic rings. The van der Waals surface area contributed by atoms with Crippen LogP contribution in [0.1, 0.15) is 37.7 Å². The van der Waals surface area contributed by atoms with Crippen LogP contribution >= 0.6 is 12.6 Å². The van der Waals surface area contributed by atoms with Crippen LogP contribution in [-0.4, -0.2) is 30.3 Å². The van der Waals surface area contributed by atoms with Crippen LogP contribution in [0, 0.1) is 5.92 Å². The normalized spacial score (nSPS) is 22.2. The van der Waals surface area contributed by atoms with Gasteiger partial charge in [0, 0.05) is 19.0 Å². The number of nitrogens with zero attached hydrogens (tertiary/aromatic N) is 1. The molecule has 1 heterocycles. The minimum atomic E-state index is 0.579. The molecule has 1 aliphatic rings. The second-order valence-electron chi connectivity index (χ2n) is 5.49. The molecule has 0 aliphatic carbocycles. The summed E-state index contributed by atoms with van der Waals surface area (Å²) in [5.41, 5.74) is 1.44. The number of thiol groups is 1. The third kappa shape index (κ3) is 3.76. The summed E-state index contributed by atoms with van der Waals surface area (Å²) in [5, 5.41) is 0. The van der Waals surface area contributed by atoms with E-state index in [0.717, 1.165) is 11.7 Å². The molecule has 1 aliphatic heterocycles. The maximum absolute atomic E-state index is 4.54. The van der Waals surface area contributed by atoms with Crippen LogP contribution in [0.15, 0.2) is 30.3 Å². The van der Waals surface area contributed by atoms with Gasteiger partial charge in [-0.1, -0.05) is 43.7 Å². The summed E-state index contributed by atoms with van der Waals surface area (Å²) in [6, 6.07) is 10.8. The maximum Gasteiger partial charge on any atom is 0.00582 e. The molecule has 2 atom stereocenters. The molecule has 2 heteroatoms. The first-order valence-electron chi connectivity index (χ1n) is 7.21. The van der Waals surface area contributed by atoms with Gasteiger partial charge < -0.3 is 4.90 Å². The Morgan fingerprint density at radius 2 is 2.11 bits per heavy atom. The van der Waals surface area contributed by atoms with E-state index in [9.17, 15) is 0 Å². The van der Waals surface area contributed by atoms with E-state index in [1.807, 2.05) is 0 Å². The van der Waals surface area contributed by atoms with E-state index < -0.39 is 0 Å². The first-order chi connectivity index (χ1) is 8.83. The van der Waals surface area contributed by atoms with Crippen molar-refractivity contribution in [1.82, 2.24) is 4.90 Å². The van der Waals surface area contributed by atoms with E-state index in [-0.39, 0.29) is 0 Å². The minimum Gasteiger partial charge on any atom is -0.302 e. The molecule has 18 heavy (non-hydrogen) atoms. The highest BCUT2D eigenvalue weighted by Gasteiger charge is 2.24. The highest BCUT2D eigenvalue weighted by atomic mass is 32.1. The fraction of sp³-hybridized carbons (Fsp3) is 0.625. The Kier molecular flexibility index (Phi) is 5.58. The van der Waals surface area contributed by atoms with Gasteiger partial charge >= 0.3 is 0 Å². The Hall–Kier alpha value is -0.470. The lowest BCUT2D eigenvalue weighted by Gasteiger charge is -2.23. The van der Waals surface area contributed by atoms with E-state index in [1.165, 1.54) is 44.5 Å². The summed E-state index contributed by atoms with van der Waals surface area (Å²) in [6.45, 7) is 6.05. The zero-order valence-corrected chi connectivity index (χ0v) is 12.3. The Labute approximate surface area is 117 Å². The fourth-order valence-corrected chi connectivity index (χ4v) is 3.35. The average molecular weight is 263 g/mol. The van der Waals surface area contributed by atoms with Crippen molar-refractivity contribution in [2.24, 2.45) is 5.92 Å². The van der Waals surface area contributed by atoms with Crippen LogP contribution in [0.3, 0.4) is 0 Å². The van der Waals surface area contributed by atoms with Crippen molar-refractivity contribution in [3.8, 4) is 0 Å². The first-order valence-corrected chi connectivity index (χ1v) is 7.85. The Bertz CT molecular complexity index is 338. The van der Waals surface area contributed by atoms with Crippen molar-refractivity contribution >= 4 is 12.6 Å². The van der Waals surface area contributed by atoms with Gasteiger partial charge in [0.15, 0.2) is 0 Å². The van der Waals surface area contributed by atoms with E-state index in [0.29, 0.717) is 5.92 Å². The summed E-state index contributed by atoms with van der Waals surface area (Å²) in [6.07, 6.45) is 4.11. The SMILES string of the molecule is CCCC1CCN(CC(CS)c2ccccc2)C1. The van der Waals surface area contributed by atoms with E-state index >= 15 is 0 Å². The molecule has 0 amide bonds. The standard InChI is InChI=1S/C16H25NS/c1-2-6-14-9-10-17(11-14)12-16(13-18)15-7-4-3-5-8-15/h3-5,7-8,14,16,18H,2,6,9-13H2,1H3. The van der Waals surface area contributed by atoms with Crippen molar-refractivity contribution in [3.05, 3.63) is 35.9 Å². The second-order valence-corrected chi connectivity index (χ2v) is 5.86. The molecule has 0 N–H and O–H groups in total. The molecule has 100 valence electrons. The van der Waals surface area contributed by atoms with Gasteiger partial charge in [-0.05, 0) is 36.6 Å². The molecule has 1 fully saturated rings. The molecule has 2 unspecified atom stereocenters. The zero-order chi connectivity index (χ0) is 12.8. The Morgan fingerprint density at radius 1 is 1.33 bits per heavy atom. The highest BCUT2D eigenvalue weighted by Crippen LogP contribution is 2.25. The molecular formula is C16H25NS. The van der Waals surface area contributed by atoms with Gasteiger partial charge in [-0.15, -0.1) is 0 Å². The lowest BCUT2D eigenvalue weighted by Crippen LogP contribution is -2.27. The van der Waals surface area contributed by atoms with Crippen LogP contribution in [0.25, 0.3) is 0 Å². The Morgan fingerprint density at radius 3 is 2.78 bits per heavy atom. The van der Waals surface area contributed by atoms with Crippen LogP contribution in [-0.2, 0) is 0 Å². The molecule has 0 aromatic heterocycles. The summed E-state index contributed by atoms with van der Waals surface area (Å²) >= 11 is 4.54. The molecule has 0 bridgehead atoms. The van der Waals surface area contributed by atoms with Crippen molar-refractivity contribution in [3.63, 3.8) is 0 Å². The number of benzene rings is 1. The molecule has 1 nitrogen and oxygen atoms in total. The van der Waals surface area contributed by atoms with Crippen LogP contribution < -0.4 is 0 Å². The maximum atomic E-state index is 4.54. The lowest BCUT2D eigenvalue weighted by molar-refractivity contribution is 0.306. The van der Waals surface area contributed by atoms with Gasteiger partial charge in [-0.25, -0.2) is 0 Å². The largest absolute Gasteiger partial charge is 0.302 e. The van der Waals surface area contributed by atoms with Crippen LogP contribution in [0.2, 0.25) is 0 Å². The van der Waals surface area contributed by atoms with Gasteiger partial charge in [0.05, 0.1) is 0 Å². The van der Waals surface area contributed by atoms with E-state index in [4.69, 9.17) is 0 Å². The smallest absolute Gasteiger partial charge is 0.00582 e. The lowest BCUT2D eigenvalue weighted by atomic mass is 10.0. The highest BCUT2D eigenvalue weighted by molar-refractivity contribution is 7.80. The van der Waals surface area contributed by atoms with Gasteiger partial charge in [0.2, 0.25) is 0 Å². The fourth-order valence-electron chi connectivity index (χ4n) is 3.03. The molecule has 0 saturated carbocycles. The monoisotopic (exact) mass is 263 g/mol. The molecular weight excluding hydrogens is 238 g/mol. The predicted molar refractivity (Wildman–Crippen MR) is 82.5 cm³/mol. The molecule has 0 spiro atoms. The summed E-state index contributed by atoms with van der Waals surface area (Å²) in [4.78, 5) is 2.63. The van der Waals surface area contributed by atoms with Crippen LogP contribution in [0.4, 0.5) is 0 Å². The topological polar surface area (TPSA) is 3.24 Å². The van der Waals surface area contributed by atoms with Gasteiger partial charge in [-0.2, -0.15) is 12.6 Å². The van der Waals surface area contributed by atoms with Crippen molar-refractivity contribution < 1.29 is 0 Å². The predicted octanol–water partition coefficient (Wildman–Crippen LogP) is 3.82. The summed E-state index contributed by atoms with van der Waals surface area (Å²) < 4.78 is 0. The van der Waals surface area contributed by atoms with Crippen molar-refractivity contribution in [2.45, 2.75) is 32.1 Å². The number of hydrogen-bond acceptors (Lipinski definition) is 2. The number of likely N-dealkylation sites (tertiary alicyclic amines) is 1. The first kappa shape index (κ1) is 14.0. The number of hydrogen-bond donors (Lipinski definition) is 1. The van der Waals surface area contributed by atoms with E-state index in [2.05, 4.69) is 54.8 Å². The third-order valence-electron chi connectivity index (χ3n) is 4.04. The molecule has 1 aromatic carbocycles. The van der Waals surface area contributed by atoms with Crippen molar-refractivity contribution in [1.29, 1.82) is 0 Å². The van der Waals surface area contributed by atoms with Crippen molar-refractivity contribution in [2.75, 3.05) is 25.4 Å². The van der Waals surface area contributed by atoms with E-state index in [1.54, 1.807) is 0 Å². The van der Waals surface area contributed by atoms with Crippen LogP contribution in [0.5, 0.6) is 0 Å². The number of rotatable bonds is 6.